The van der Waals surface area contributed by atoms with Crippen molar-refractivity contribution in [2.45, 2.75) is 75.8 Å². The summed E-state index contributed by atoms with van der Waals surface area (Å²) in [6.07, 6.45) is 11.3. The molecule has 0 radical (unpaired) electrons. The Balaban J connectivity index is 1.44. The first kappa shape index (κ1) is 26.6. The maximum atomic E-state index is 13.9. The van der Waals surface area contributed by atoms with Gasteiger partial charge in [-0.05, 0) is 85.9 Å². The van der Waals surface area contributed by atoms with Crippen molar-refractivity contribution < 1.29 is 9.00 Å². The van der Waals surface area contributed by atoms with Crippen LogP contribution in [-0.2, 0) is 16.3 Å². The van der Waals surface area contributed by atoms with Gasteiger partial charge in [-0.3, -0.25) is 9.52 Å². The molecule has 4 aromatic rings. The second-order valence-electron chi connectivity index (χ2n) is 11.4. The van der Waals surface area contributed by atoms with E-state index < -0.39 is 9.71 Å². The van der Waals surface area contributed by atoms with Crippen molar-refractivity contribution in [3.63, 3.8) is 0 Å². The lowest BCUT2D eigenvalue weighted by Crippen LogP contribution is -2.39. The molecular weight excluding hydrogens is 516 g/mol. The zero-order chi connectivity index (χ0) is 27.7. The molecule has 2 aliphatic rings. The van der Waals surface area contributed by atoms with Crippen LogP contribution in [0.15, 0.2) is 71.8 Å². The van der Waals surface area contributed by atoms with Gasteiger partial charge in [-0.2, -0.15) is 0 Å². The van der Waals surface area contributed by atoms with E-state index in [1.807, 2.05) is 42.5 Å². The molecule has 7 heteroatoms. The summed E-state index contributed by atoms with van der Waals surface area (Å²) >= 11 is 0. The lowest BCUT2D eigenvalue weighted by molar-refractivity contribution is 0.0916. The van der Waals surface area contributed by atoms with Crippen LogP contribution in [0.5, 0.6) is 0 Å². The predicted molar refractivity (Wildman–Crippen MR) is 165 cm³/mol. The number of carbonyl (C=O) groups is 1. The second-order valence-corrected chi connectivity index (χ2v) is 13.4. The number of nitrogens with one attached hydrogen (secondary N) is 2. The molecule has 2 N–H and O–H groups in total. The molecule has 6 nitrogen and oxygen atoms in total. The smallest absolute Gasteiger partial charge is 0.253 e. The number of rotatable bonds is 8. The molecule has 2 heterocycles. The van der Waals surface area contributed by atoms with E-state index in [-0.39, 0.29) is 11.9 Å². The van der Waals surface area contributed by atoms with E-state index >= 15 is 0 Å². The van der Waals surface area contributed by atoms with Gasteiger partial charge in [-0.25, -0.2) is 9.19 Å². The SMILES string of the molecule is C=S(=O)(Nc1ccccn1)c1ccc(-c2cc(C(=O)NC3CCC3)c(C)n2CC2CCCCC2)c2ccccc12. The van der Waals surface area contributed by atoms with Crippen LogP contribution in [0.25, 0.3) is 22.0 Å². The van der Waals surface area contributed by atoms with Crippen LogP contribution in [0, 0.1) is 12.8 Å². The van der Waals surface area contributed by atoms with Crippen LogP contribution < -0.4 is 10.0 Å². The minimum atomic E-state index is -2.88. The zero-order valence-electron chi connectivity index (χ0n) is 23.2. The Morgan fingerprint density at radius 3 is 2.42 bits per heavy atom. The van der Waals surface area contributed by atoms with Crippen LogP contribution in [0.1, 0.15) is 67.4 Å². The van der Waals surface area contributed by atoms with Gasteiger partial charge < -0.3 is 9.88 Å². The molecule has 2 fully saturated rings. The Hall–Kier alpha value is -3.58. The largest absolute Gasteiger partial charge is 0.349 e. The van der Waals surface area contributed by atoms with Gasteiger partial charge in [0, 0.05) is 35.7 Å². The van der Waals surface area contributed by atoms with Gasteiger partial charge in [-0.15, -0.1) is 0 Å². The molecule has 40 heavy (non-hydrogen) atoms. The summed E-state index contributed by atoms with van der Waals surface area (Å²) in [7, 11) is -2.88. The van der Waals surface area contributed by atoms with E-state index in [9.17, 15) is 9.00 Å². The zero-order valence-corrected chi connectivity index (χ0v) is 24.0. The van der Waals surface area contributed by atoms with Gasteiger partial charge >= 0.3 is 0 Å². The molecule has 2 aliphatic carbocycles. The fourth-order valence-corrected chi connectivity index (χ4v) is 7.60. The number of aromatic nitrogens is 2. The summed E-state index contributed by atoms with van der Waals surface area (Å²) in [4.78, 5) is 18.3. The van der Waals surface area contributed by atoms with Gasteiger partial charge in [0.05, 0.1) is 20.2 Å². The number of carbonyl (C=O) groups excluding carboxylic acids is 1. The maximum absolute atomic E-state index is 13.9. The normalized spacial score (nSPS) is 17.7. The minimum Gasteiger partial charge on any atom is -0.349 e. The standard InChI is InChI=1S/C33H38N4O2S/c1-23-29(33(38)35-25-13-10-14-25)21-30(37(23)22-24-11-4-3-5-12-24)27-18-19-31(28-16-7-6-15-26(27)28)40(2,39)36-32-17-8-9-20-34-32/h6-9,15-21,24-25H,2-5,10-14,22H2,1H3,(H,35,38)(H,34,36,39). The molecule has 1 unspecified atom stereocenters. The quantitative estimate of drug-likeness (QED) is 0.231. The van der Waals surface area contributed by atoms with Crippen molar-refractivity contribution in [2.24, 2.45) is 5.92 Å². The highest BCUT2D eigenvalue weighted by atomic mass is 32.2. The molecule has 1 amide bonds. The number of hydrogen-bond donors (Lipinski definition) is 2. The molecule has 6 rings (SSSR count). The van der Waals surface area contributed by atoms with Crippen molar-refractivity contribution in [3.8, 4) is 11.3 Å². The Morgan fingerprint density at radius 1 is 0.975 bits per heavy atom. The molecule has 0 spiro atoms. The first-order chi connectivity index (χ1) is 19.4. The van der Waals surface area contributed by atoms with Crippen molar-refractivity contribution in [3.05, 3.63) is 78.1 Å². The van der Waals surface area contributed by atoms with E-state index in [4.69, 9.17) is 0 Å². The maximum Gasteiger partial charge on any atom is 0.253 e. The van der Waals surface area contributed by atoms with Gasteiger partial charge in [0.15, 0.2) is 0 Å². The van der Waals surface area contributed by atoms with Crippen LogP contribution in [0.2, 0.25) is 0 Å². The van der Waals surface area contributed by atoms with E-state index in [0.717, 1.165) is 52.7 Å². The third-order valence-corrected chi connectivity index (χ3v) is 10.3. The molecule has 2 aromatic heterocycles. The molecule has 208 valence electrons. The Labute approximate surface area is 237 Å². The third-order valence-electron chi connectivity index (χ3n) is 8.67. The van der Waals surface area contributed by atoms with Crippen LogP contribution in [0.4, 0.5) is 5.82 Å². The lowest BCUT2D eigenvalue weighted by Gasteiger charge is -2.26. The Bertz CT molecular complexity index is 1630. The molecule has 2 aromatic carbocycles. The summed E-state index contributed by atoms with van der Waals surface area (Å²) < 4.78 is 19.3. The minimum absolute atomic E-state index is 0.0205. The van der Waals surface area contributed by atoms with Crippen molar-refractivity contribution >= 4 is 38.1 Å². The van der Waals surface area contributed by atoms with E-state index in [2.05, 4.69) is 44.5 Å². The summed E-state index contributed by atoms with van der Waals surface area (Å²) in [6, 6.07) is 19.9. The highest BCUT2D eigenvalue weighted by Gasteiger charge is 2.26. The fraction of sp³-hybridized carbons (Fsp3) is 0.364. The van der Waals surface area contributed by atoms with E-state index in [1.54, 1.807) is 12.3 Å². The summed E-state index contributed by atoms with van der Waals surface area (Å²) in [5, 5.41) is 5.12. The number of hydrogen-bond acceptors (Lipinski definition) is 3. The number of anilines is 1. The fourth-order valence-electron chi connectivity index (χ4n) is 6.21. The van der Waals surface area contributed by atoms with Crippen molar-refractivity contribution in [1.82, 2.24) is 14.9 Å². The number of nitrogens with zero attached hydrogens (tertiary/aromatic N) is 2. The van der Waals surface area contributed by atoms with E-state index in [1.165, 1.54) is 38.5 Å². The Morgan fingerprint density at radius 2 is 1.73 bits per heavy atom. The molecule has 0 bridgehead atoms. The topological polar surface area (TPSA) is 76.0 Å². The molecule has 1 atom stereocenters. The summed E-state index contributed by atoms with van der Waals surface area (Å²) in [5.74, 6) is 5.23. The third kappa shape index (κ3) is 5.27. The predicted octanol–water partition coefficient (Wildman–Crippen LogP) is 6.98. The van der Waals surface area contributed by atoms with Gasteiger partial charge in [0.2, 0.25) is 0 Å². The van der Waals surface area contributed by atoms with Crippen LogP contribution >= 0.6 is 0 Å². The van der Waals surface area contributed by atoms with Crippen molar-refractivity contribution in [2.75, 3.05) is 4.72 Å². The number of amides is 1. The number of benzene rings is 2. The number of pyridine rings is 1. The molecular formula is C33H38N4O2S. The average Bonchev–Trinajstić information content (AvgIpc) is 3.26. The monoisotopic (exact) mass is 554 g/mol. The molecule has 0 aliphatic heterocycles. The highest BCUT2D eigenvalue weighted by molar-refractivity contribution is 8.01. The Kier molecular flexibility index (Phi) is 7.41. The van der Waals surface area contributed by atoms with Gasteiger partial charge in [0.1, 0.15) is 5.82 Å². The summed E-state index contributed by atoms with van der Waals surface area (Å²) in [5.41, 5.74) is 3.85. The van der Waals surface area contributed by atoms with Crippen LogP contribution in [-0.4, -0.2) is 31.6 Å². The summed E-state index contributed by atoms with van der Waals surface area (Å²) in [6.45, 7) is 2.99. The van der Waals surface area contributed by atoms with Crippen LogP contribution in [0.3, 0.4) is 0 Å². The first-order valence-corrected chi connectivity index (χ1v) is 16.2. The van der Waals surface area contributed by atoms with E-state index in [0.29, 0.717) is 16.6 Å². The van der Waals surface area contributed by atoms with Gasteiger partial charge in [-0.1, -0.05) is 55.7 Å². The highest BCUT2D eigenvalue weighted by Crippen LogP contribution is 2.37. The first-order valence-electron chi connectivity index (χ1n) is 14.5. The lowest BCUT2D eigenvalue weighted by atomic mass is 9.89. The second kappa shape index (κ2) is 11.1. The number of fused-ring (bicyclic) bond motifs is 1. The van der Waals surface area contributed by atoms with Gasteiger partial charge in [0.25, 0.3) is 5.91 Å². The van der Waals surface area contributed by atoms with Crippen molar-refractivity contribution in [1.29, 1.82) is 0 Å². The molecule has 2 saturated carbocycles. The average molecular weight is 555 g/mol. The molecule has 0 saturated heterocycles.